The van der Waals surface area contributed by atoms with Gasteiger partial charge in [0.1, 0.15) is 5.75 Å². The third-order valence-electron chi connectivity index (χ3n) is 6.28. The van der Waals surface area contributed by atoms with Gasteiger partial charge in [0, 0.05) is 13.1 Å². The second-order valence-corrected chi connectivity index (χ2v) is 10.5. The number of ether oxygens (including phenoxy) is 1. The van der Waals surface area contributed by atoms with Gasteiger partial charge >= 0.3 is 0 Å². The molecule has 1 aliphatic carbocycles. The van der Waals surface area contributed by atoms with Gasteiger partial charge in [0.15, 0.2) is 6.61 Å². The van der Waals surface area contributed by atoms with Crippen molar-refractivity contribution in [1.82, 2.24) is 9.62 Å². The number of fused-ring (bicyclic) bond motifs is 1. The highest BCUT2D eigenvalue weighted by molar-refractivity contribution is 7.89. The van der Waals surface area contributed by atoms with Crippen LogP contribution in [-0.2, 0) is 21.2 Å². The maximum Gasteiger partial charge on any atom is 0.258 e. The summed E-state index contributed by atoms with van der Waals surface area (Å²) in [5, 5.41) is 3.06. The number of amides is 1. The van der Waals surface area contributed by atoms with Crippen molar-refractivity contribution in [3.63, 3.8) is 0 Å². The number of aryl methyl sites for hydroxylation is 1. The molecule has 1 atom stereocenters. The number of carbonyl (C=O) groups is 1. The third kappa shape index (κ3) is 5.10. The van der Waals surface area contributed by atoms with Crippen molar-refractivity contribution < 1.29 is 17.9 Å². The maximum atomic E-state index is 12.8. The average Bonchev–Trinajstić information content (AvgIpc) is 2.78. The van der Waals surface area contributed by atoms with Crippen LogP contribution in [0.25, 0.3) is 0 Å². The molecule has 1 aliphatic heterocycles. The Hall–Kier alpha value is -2.38. The predicted molar refractivity (Wildman–Crippen MR) is 119 cm³/mol. The number of rotatable bonds is 6. The molecule has 31 heavy (non-hydrogen) atoms. The van der Waals surface area contributed by atoms with E-state index in [0.29, 0.717) is 24.8 Å². The summed E-state index contributed by atoms with van der Waals surface area (Å²) in [6.45, 7) is 3.17. The van der Waals surface area contributed by atoms with Crippen molar-refractivity contribution in [2.24, 2.45) is 5.92 Å². The number of hydrogen-bond donors (Lipinski definition) is 1. The summed E-state index contributed by atoms with van der Waals surface area (Å²) < 4.78 is 32.8. The molecule has 4 rings (SSSR count). The van der Waals surface area contributed by atoms with Gasteiger partial charge in [-0.1, -0.05) is 31.2 Å². The minimum absolute atomic E-state index is 0.0147. The van der Waals surface area contributed by atoms with Crippen LogP contribution < -0.4 is 10.1 Å². The summed E-state index contributed by atoms with van der Waals surface area (Å²) in [5.41, 5.74) is 2.48. The largest absolute Gasteiger partial charge is 0.484 e. The van der Waals surface area contributed by atoms with Crippen LogP contribution in [-0.4, -0.2) is 38.3 Å². The quantitative estimate of drug-likeness (QED) is 0.741. The van der Waals surface area contributed by atoms with Gasteiger partial charge in [0.2, 0.25) is 10.0 Å². The Labute approximate surface area is 184 Å². The van der Waals surface area contributed by atoms with E-state index in [1.165, 1.54) is 11.1 Å². The molecule has 166 valence electrons. The standard InChI is InChI=1S/C24H30N2O4S/c1-18-13-15-26(16-14-18)31(28,29)21-11-9-20(10-12-21)30-17-24(27)25-23-8-4-6-19-5-2-3-7-22(19)23/h2-3,5,7,9-12,18,23H,4,6,8,13-17H2,1H3,(H,25,27). The zero-order valence-electron chi connectivity index (χ0n) is 17.9. The fourth-order valence-electron chi connectivity index (χ4n) is 4.37. The van der Waals surface area contributed by atoms with Crippen molar-refractivity contribution in [3.8, 4) is 5.75 Å². The molecule has 0 spiro atoms. The summed E-state index contributed by atoms with van der Waals surface area (Å²) in [6, 6.07) is 14.6. The van der Waals surface area contributed by atoms with Crippen LogP contribution in [0.3, 0.4) is 0 Å². The van der Waals surface area contributed by atoms with Crippen LogP contribution in [0.4, 0.5) is 0 Å². The van der Waals surface area contributed by atoms with E-state index in [1.807, 2.05) is 12.1 Å². The number of sulfonamides is 1. The first-order valence-electron chi connectivity index (χ1n) is 11.0. The lowest BCUT2D eigenvalue weighted by molar-refractivity contribution is -0.124. The smallest absolute Gasteiger partial charge is 0.258 e. The van der Waals surface area contributed by atoms with Crippen molar-refractivity contribution >= 4 is 15.9 Å². The number of nitrogens with one attached hydrogen (secondary N) is 1. The Morgan fingerprint density at radius 2 is 1.77 bits per heavy atom. The Morgan fingerprint density at radius 3 is 2.52 bits per heavy atom. The van der Waals surface area contributed by atoms with E-state index in [1.54, 1.807) is 28.6 Å². The van der Waals surface area contributed by atoms with E-state index < -0.39 is 10.0 Å². The molecule has 2 aromatic rings. The van der Waals surface area contributed by atoms with Crippen LogP contribution in [0, 0.1) is 5.92 Å². The summed E-state index contributed by atoms with van der Waals surface area (Å²) in [5.74, 6) is 0.863. The van der Waals surface area contributed by atoms with Crippen LogP contribution in [0.2, 0.25) is 0 Å². The minimum Gasteiger partial charge on any atom is -0.484 e. The summed E-state index contributed by atoms with van der Waals surface area (Å²) in [4.78, 5) is 12.7. The second kappa shape index (κ2) is 9.40. The van der Waals surface area contributed by atoms with Gasteiger partial charge in [0.05, 0.1) is 10.9 Å². The zero-order chi connectivity index (χ0) is 21.8. The van der Waals surface area contributed by atoms with Crippen LogP contribution >= 0.6 is 0 Å². The van der Waals surface area contributed by atoms with Gasteiger partial charge in [-0.15, -0.1) is 0 Å². The molecular formula is C24H30N2O4S. The lowest BCUT2D eigenvalue weighted by atomic mass is 9.88. The van der Waals surface area contributed by atoms with Crippen molar-refractivity contribution in [3.05, 3.63) is 59.7 Å². The molecule has 0 saturated carbocycles. The van der Waals surface area contributed by atoms with Gasteiger partial charge in [-0.3, -0.25) is 4.79 Å². The molecule has 7 heteroatoms. The maximum absolute atomic E-state index is 12.8. The van der Waals surface area contributed by atoms with Gasteiger partial charge in [0.25, 0.3) is 5.91 Å². The number of piperidine rings is 1. The van der Waals surface area contributed by atoms with Gasteiger partial charge < -0.3 is 10.1 Å². The van der Waals surface area contributed by atoms with E-state index in [-0.39, 0.29) is 23.5 Å². The molecule has 1 saturated heterocycles. The highest BCUT2D eigenvalue weighted by Gasteiger charge is 2.28. The van der Waals surface area contributed by atoms with E-state index in [4.69, 9.17) is 4.74 Å². The topological polar surface area (TPSA) is 75.7 Å². The van der Waals surface area contributed by atoms with Gasteiger partial charge in [-0.2, -0.15) is 4.31 Å². The Balaban J connectivity index is 1.32. The van der Waals surface area contributed by atoms with E-state index in [2.05, 4.69) is 24.4 Å². The van der Waals surface area contributed by atoms with Crippen LogP contribution in [0.15, 0.2) is 53.4 Å². The molecule has 1 amide bonds. The highest BCUT2D eigenvalue weighted by Crippen LogP contribution is 2.29. The van der Waals surface area contributed by atoms with Gasteiger partial charge in [-0.25, -0.2) is 8.42 Å². The molecule has 2 aliphatic rings. The summed E-state index contributed by atoms with van der Waals surface area (Å²) in [7, 11) is -3.48. The molecule has 1 fully saturated rings. The van der Waals surface area contributed by atoms with Crippen molar-refractivity contribution in [2.45, 2.75) is 50.0 Å². The number of carbonyl (C=O) groups excluding carboxylic acids is 1. The van der Waals surface area contributed by atoms with E-state index >= 15 is 0 Å². The second-order valence-electron chi connectivity index (χ2n) is 8.56. The van der Waals surface area contributed by atoms with Crippen LogP contribution in [0.1, 0.15) is 49.8 Å². The average molecular weight is 443 g/mol. The first kappa shape index (κ1) is 21.8. The molecule has 1 heterocycles. The molecule has 6 nitrogen and oxygen atoms in total. The molecule has 0 aromatic heterocycles. The number of benzene rings is 2. The molecule has 1 N–H and O–H groups in total. The summed E-state index contributed by atoms with van der Waals surface area (Å²) in [6.07, 6.45) is 4.80. The lowest BCUT2D eigenvalue weighted by Crippen LogP contribution is -2.37. The normalized spacial score (nSPS) is 20.1. The lowest BCUT2D eigenvalue weighted by Gasteiger charge is -2.29. The van der Waals surface area contributed by atoms with Crippen molar-refractivity contribution in [2.75, 3.05) is 19.7 Å². The molecular weight excluding hydrogens is 412 g/mol. The monoisotopic (exact) mass is 442 g/mol. The highest BCUT2D eigenvalue weighted by atomic mass is 32.2. The summed E-state index contributed by atoms with van der Waals surface area (Å²) >= 11 is 0. The zero-order valence-corrected chi connectivity index (χ0v) is 18.7. The fourth-order valence-corrected chi connectivity index (χ4v) is 5.84. The number of nitrogens with zero attached hydrogens (tertiary/aromatic N) is 1. The van der Waals surface area contributed by atoms with Crippen molar-refractivity contribution in [1.29, 1.82) is 0 Å². The molecule has 0 radical (unpaired) electrons. The first-order valence-corrected chi connectivity index (χ1v) is 12.5. The van der Waals surface area contributed by atoms with E-state index in [9.17, 15) is 13.2 Å². The van der Waals surface area contributed by atoms with Gasteiger partial charge in [-0.05, 0) is 73.4 Å². The molecule has 0 bridgehead atoms. The first-order chi connectivity index (χ1) is 14.9. The van der Waals surface area contributed by atoms with Crippen LogP contribution in [0.5, 0.6) is 5.75 Å². The Kier molecular flexibility index (Phi) is 6.62. The SMILES string of the molecule is CC1CCN(S(=O)(=O)c2ccc(OCC(=O)NC3CCCc4ccccc43)cc2)CC1. The molecule has 1 unspecified atom stereocenters. The molecule has 2 aromatic carbocycles. The fraction of sp³-hybridized carbons (Fsp3) is 0.458. The van der Waals surface area contributed by atoms with E-state index in [0.717, 1.165) is 32.1 Å². The third-order valence-corrected chi connectivity index (χ3v) is 8.19. The predicted octanol–water partition coefficient (Wildman–Crippen LogP) is 3.68. The minimum atomic E-state index is -3.48. The Morgan fingerprint density at radius 1 is 1.06 bits per heavy atom. The number of hydrogen-bond acceptors (Lipinski definition) is 4. The Bertz CT molecular complexity index is 1010.